The van der Waals surface area contributed by atoms with Gasteiger partial charge in [0.1, 0.15) is 10.5 Å². The lowest BCUT2D eigenvalue weighted by molar-refractivity contribution is -0.147. The van der Waals surface area contributed by atoms with E-state index in [2.05, 4.69) is 0 Å². The van der Waals surface area contributed by atoms with Gasteiger partial charge in [-0.1, -0.05) is 0 Å². The maximum Gasteiger partial charge on any atom is 0.327 e. The highest BCUT2D eigenvalue weighted by molar-refractivity contribution is 6.35. The summed E-state index contributed by atoms with van der Waals surface area (Å²) in [6.45, 7) is 5.30. The van der Waals surface area contributed by atoms with Crippen LogP contribution in [0.2, 0.25) is 0 Å². The summed E-state index contributed by atoms with van der Waals surface area (Å²) < 4.78 is 5.11. The molecular formula is C8H12Cl2O2. The zero-order valence-corrected chi connectivity index (χ0v) is 8.87. The van der Waals surface area contributed by atoms with E-state index in [1.165, 1.54) is 0 Å². The molecule has 1 saturated heterocycles. The van der Waals surface area contributed by atoms with Gasteiger partial charge >= 0.3 is 5.97 Å². The van der Waals surface area contributed by atoms with Crippen LogP contribution in [0.5, 0.6) is 0 Å². The van der Waals surface area contributed by atoms with Crippen molar-refractivity contribution in [1.29, 1.82) is 0 Å². The Morgan fingerprint density at radius 1 is 1.50 bits per heavy atom. The molecule has 4 heteroatoms. The van der Waals surface area contributed by atoms with Crippen LogP contribution < -0.4 is 0 Å². The van der Waals surface area contributed by atoms with E-state index in [0.29, 0.717) is 5.88 Å². The first-order chi connectivity index (χ1) is 5.32. The summed E-state index contributed by atoms with van der Waals surface area (Å²) in [5, 5.41) is 0. The Hall–Kier alpha value is 0.0500. The summed E-state index contributed by atoms with van der Waals surface area (Å²) in [4.78, 5) is 10.3. The van der Waals surface area contributed by atoms with Gasteiger partial charge in [-0.25, -0.2) is 0 Å². The highest BCUT2D eigenvalue weighted by Crippen LogP contribution is 2.44. The lowest BCUT2D eigenvalue weighted by Gasteiger charge is -2.26. The molecule has 0 amide bonds. The summed E-state index contributed by atoms with van der Waals surface area (Å²) >= 11 is 11.7. The van der Waals surface area contributed by atoms with E-state index in [4.69, 9.17) is 27.9 Å². The quantitative estimate of drug-likeness (QED) is 0.490. The van der Waals surface area contributed by atoms with Crippen LogP contribution in [-0.4, -0.2) is 22.3 Å². The van der Waals surface area contributed by atoms with Gasteiger partial charge in [0.25, 0.3) is 0 Å². The van der Waals surface area contributed by atoms with E-state index in [1.807, 2.05) is 13.8 Å². The summed E-state index contributed by atoms with van der Waals surface area (Å²) in [5.74, 6) is -0.181. The number of rotatable bonds is 1. The monoisotopic (exact) mass is 210 g/mol. The smallest absolute Gasteiger partial charge is 0.327 e. The molecule has 2 nitrogen and oxygen atoms in total. The third-order valence-corrected chi connectivity index (χ3v) is 3.13. The van der Waals surface area contributed by atoms with Gasteiger partial charge in [0.2, 0.25) is 0 Å². The Morgan fingerprint density at radius 3 is 2.17 bits per heavy atom. The predicted octanol–water partition coefficient (Wildman–Crippen LogP) is 2.17. The van der Waals surface area contributed by atoms with Gasteiger partial charge in [-0.2, -0.15) is 0 Å². The van der Waals surface area contributed by atoms with Crippen molar-refractivity contribution in [3.8, 4) is 0 Å². The maximum absolute atomic E-state index is 11.3. The molecule has 2 unspecified atom stereocenters. The van der Waals surface area contributed by atoms with Crippen LogP contribution in [0.25, 0.3) is 0 Å². The molecule has 12 heavy (non-hydrogen) atoms. The van der Waals surface area contributed by atoms with Gasteiger partial charge in [0.05, 0.1) is 0 Å². The summed E-state index contributed by atoms with van der Waals surface area (Å²) in [5.41, 5.74) is -0.546. The third-order valence-electron chi connectivity index (χ3n) is 2.40. The number of hydrogen-bond acceptors (Lipinski definition) is 2. The number of cyclic esters (lactones) is 1. The van der Waals surface area contributed by atoms with Gasteiger partial charge in [0.15, 0.2) is 0 Å². The van der Waals surface area contributed by atoms with Crippen molar-refractivity contribution in [3.63, 3.8) is 0 Å². The molecule has 0 aliphatic carbocycles. The Labute approximate surface area is 82.2 Å². The number of alkyl halides is 2. The SMILES string of the molecule is CC1(C)OC(=O)C(C)(Cl)C1CCl. The van der Waals surface area contributed by atoms with Crippen molar-refractivity contribution in [2.24, 2.45) is 5.92 Å². The zero-order chi connectivity index (χ0) is 9.57. The molecule has 0 N–H and O–H groups in total. The second-order valence-corrected chi connectivity index (χ2v) is 4.87. The number of carbonyl (C=O) groups is 1. The van der Waals surface area contributed by atoms with Crippen LogP contribution in [0.4, 0.5) is 0 Å². The molecule has 1 aliphatic heterocycles. The van der Waals surface area contributed by atoms with Crippen LogP contribution in [0.15, 0.2) is 0 Å². The number of esters is 1. The molecule has 1 heterocycles. The summed E-state index contributed by atoms with van der Waals surface area (Å²) in [6.07, 6.45) is 0. The molecule has 1 rings (SSSR count). The van der Waals surface area contributed by atoms with Crippen molar-refractivity contribution in [2.45, 2.75) is 31.2 Å². The lowest BCUT2D eigenvalue weighted by atomic mass is 9.85. The molecule has 0 aromatic rings. The molecular weight excluding hydrogens is 199 g/mol. The Morgan fingerprint density at radius 2 is 2.00 bits per heavy atom. The zero-order valence-electron chi connectivity index (χ0n) is 7.36. The van der Waals surface area contributed by atoms with E-state index in [9.17, 15) is 4.79 Å². The molecule has 0 radical (unpaired) electrons. The Bertz CT molecular complexity index is 211. The molecule has 1 aliphatic rings. The minimum atomic E-state index is -0.967. The average Bonchev–Trinajstić information content (AvgIpc) is 1.99. The Balaban J connectivity index is 3.00. The molecule has 70 valence electrons. The number of carbonyl (C=O) groups excluding carboxylic acids is 1. The minimum absolute atomic E-state index is 0.138. The van der Waals surface area contributed by atoms with Crippen LogP contribution in [0.3, 0.4) is 0 Å². The van der Waals surface area contributed by atoms with Crippen molar-refractivity contribution < 1.29 is 9.53 Å². The molecule has 0 aromatic carbocycles. The predicted molar refractivity (Wildman–Crippen MR) is 48.6 cm³/mol. The fraction of sp³-hybridized carbons (Fsp3) is 0.875. The van der Waals surface area contributed by atoms with E-state index >= 15 is 0 Å². The van der Waals surface area contributed by atoms with E-state index < -0.39 is 10.5 Å². The lowest BCUT2D eigenvalue weighted by Crippen LogP contribution is -2.38. The molecule has 0 aromatic heterocycles. The molecule has 0 saturated carbocycles. The van der Waals surface area contributed by atoms with Crippen LogP contribution in [0, 0.1) is 5.92 Å². The third kappa shape index (κ3) is 1.31. The fourth-order valence-electron chi connectivity index (χ4n) is 1.54. The first kappa shape index (κ1) is 10.1. The van der Waals surface area contributed by atoms with Gasteiger partial charge in [-0.15, -0.1) is 23.2 Å². The second kappa shape index (κ2) is 2.78. The van der Waals surface area contributed by atoms with E-state index in [-0.39, 0.29) is 11.9 Å². The first-order valence-electron chi connectivity index (χ1n) is 3.80. The molecule has 0 bridgehead atoms. The van der Waals surface area contributed by atoms with E-state index in [1.54, 1.807) is 6.92 Å². The highest BCUT2D eigenvalue weighted by atomic mass is 35.5. The van der Waals surface area contributed by atoms with Crippen LogP contribution in [0.1, 0.15) is 20.8 Å². The van der Waals surface area contributed by atoms with Crippen molar-refractivity contribution in [2.75, 3.05) is 5.88 Å². The topological polar surface area (TPSA) is 26.3 Å². The molecule has 2 atom stereocenters. The van der Waals surface area contributed by atoms with Gasteiger partial charge in [0, 0.05) is 11.8 Å². The maximum atomic E-state index is 11.3. The van der Waals surface area contributed by atoms with Crippen molar-refractivity contribution >= 4 is 29.2 Å². The molecule has 1 fully saturated rings. The van der Waals surface area contributed by atoms with Gasteiger partial charge in [-0.05, 0) is 20.8 Å². The highest BCUT2D eigenvalue weighted by Gasteiger charge is 2.56. The minimum Gasteiger partial charge on any atom is -0.458 e. The Kier molecular flexibility index (Phi) is 2.34. The second-order valence-electron chi connectivity index (χ2n) is 3.78. The number of halogens is 2. The molecule has 0 spiro atoms. The van der Waals surface area contributed by atoms with Crippen LogP contribution in [-0.2, 0) is 9.53 Å². The summed E-state index contributed by atoms with van der Waals surface area (Å²) in [6, 6.07) is 0. The fourth-order valence-corrected chi connectivity index (χ4v) is 2.67. The standard InChI is InChI=1S/C8H12Cl2O2/c1-7(2)5(4-9)8(3,10)6(11)12-7/h5H,4H2,1-3H3. The van der Waals surface area contributed by atoms with Gasteiger partial charge in [-0.3, -0.25) is 4.79 Å². The largest absolute Gasteiger partial charge is 0.458 e. The van der Waals surface area contributed by atoms with E-state index in [0.717, 1.165) is 0 Å². The average molecular weight is 211 g/mol. The number of ether oxygens (including phenoxy) is 1. The first-order valence-corrected chi connectivity index (χ1v) is 4.72. The van der Waals surface area contributed by atoms with Crippen LogP contribution >= 0.6 is 23.2 Å². The van der Waals surface area contributed by atoms with Crippen molar-refractivity contribution in [3.05, 3.63) is 0 Å². The number of hydrogen-bond donors (Lipinski definition) is 0. The van der Waals surface area contributed by atoms with Gasteiger partial charge < -0.3 is 4.74 Å². The summed E-state index contributed by atoms with van der Waals surface area (Å²) in [7, 11) is 0. The van der Waals surface area contributed by atoms with Crippen molar-refractivity contribution in [1.82, 2.24) is 0 Å². The normalized spacial score (nSPS) is 39.8.